The minimum absolute atomic E-state index is 0.206. The predicted molar refractivity (Wildman–Crippen MR) is 115 cm³/mol. The van der Waals surface area contributed by atoms with Crippen LogP contribution in [0.15, 0.2) is 48.5 Å². The second kappa shape index (κ2) is 7.46. The highest BCUT2D eigenvalue weighted by Gasteiger charge is 2.52. The van der Waals surface area contributed by atoms with Crippen LogP contribution in [0.2, 0.25) is 0 Å². The van der Waals surface area contributed by atoms with E-state index < -0.39 is 12.0 Å². The Morgan fingerprint density at radius 3 is 2.35 bits per heavy atom. The van der Waals surface area contributed by atoms with Gasteiger partial charge in [-0.2, -0.15) is 0 Å². The number of hydrogen-bond acceptors (Lipinski definition) is 6. The van der Waals surface area contributed by atoms with Crippen LogP contribution in [-0.4, -0.2) is 39.0 Å². The number of fused-ring (bicyclic) bond motifs is 4. The number of aliphatic hydroxyl groups excluding tert-OH is 1. The number of esters is 1. The van der Waals surface area contributed by atoms with Gasteiger partial charge < -0.3 is 24.1 Å². The van der Waals surface area contributed by atoms with Crippen molar-refractivity contribution in [3.63, 3.8) is 0 Å². The lowest BCUT2D eigenvalue weighted by Crippen LogP contribution is -2.34. The number of ether oxygens (including phenoxy) is 4. The number of carbonyl (C=O) groups excluding carboxylic acids is 1. The molecule has 1 fully saturated rings. The summed E-state index contributed by atoms with van der Waals surface area (Å²) >= 11 is 0. The molecule has 0 radical (unpaired) electrons. The molecule has 0 unspecified atom stereocenters. The molecular formula is C25H24O6. The SMILES string of the molecule is COc1cc([C@@H]2c3c(ccc4ccccc34)[C@@H](O)[C@H]3COC(=O)[C@@H]23)cc(OC)c1OC. The predicted octanol–water partition coefficient (Wildman–Crippen LogP) is 3.83. The second-order valence-corrected chi connectivity index (χ2v) is 7.99. The van der Waals surface area contributed by atoms with Gasteiger partial charge in [0, 0.05) is 11.8 Å². The van der Waals surface area contributed by atoms with Crippen molar-refractivity contribution < 1.29 is 28.8 Å². The van der Waals surface area contributed by atoms with Gasteiger partial charge in [0.05, 0.1) is 40.0 Å². The molecule has 1 aliphatic carbocycles. The normalized spacial score (nSPS) is 24.3. The van der Waals surface area contributed by atoms with Crippen molar-refractivity contribution in [3.8, 4) is 17.2 Å². The van der Waals surface area contributed by atoms with Gasteiger partial charge >= 0.3 is 5.97 Å². The minimum Gasteiger partial charge on any atom is -0.493 e. The summed E-state index contributed by atoms with van der Waals surface area (Å²) in [7, 11) is 4.70. The topological polar surface area (TPSA) is 74.2 Å². The molecular weight excluding hydrogens is 396 g/mol. The molecule has 1 N–H and O–H groups in total. The molecule has 6 nitrogen and oxygen atoms in total. The molecule has 0 saturated carbocycles. The van der Waals surface area contributed by atoms with Gasteiger partial charge in [0.15, 0.2) is 11.5 Å². The average molecular weight is 420 g/mol. The Hall–Kier alpha value is -3.25. The van der Waals surface area contributed by atoms with Crippen LogP contribution < -0.4 is 14.2 Å². The lowest BCUT2D eigenvalue weighted by Gasteiger charge is -2.37. The van der Waals surface area contributed by atoms with Gasteiger partial charge in [0.1, 0.15) is 0 Å². The van der Waals surface area contributed by atoms with E-state index in [-0.39, 0.29) is 24.4 Å². The van der Waals surface area contributed by atoms with Crippen LogP contribution in [-0.2, 0) is 9.53 Å². The Labute approximate surface area is 180 Å². The van der Waals surface area contributed by atoms with E-state index in [1.54, 1.807) is 21.3 Å². The van der Waals surface area contributed by atoms with Crippen LogP contribution in [0, 0.1) is 11.8 Å². The van der Waals surface area contributed by atoms with Gasteiger partial charge in [-0.15, -0.1) is 0 Å². The summed E-state index contributed by atoms with van der Waals surface area (Å²) in [5.74, 6) is 0.106. The molecule has 6 heteroatoms. The fourth-order valence-corrected chi connectivity index (χ4v) is 5.21. The van der Waals surface area contributed by atoms with E-state index in [1.807, 2.05) is 48.5 Å². The van der Waals surface area contributed by atoms with E-state index in [2.05, 4.69) is 0 Å². The summed E-state index contributed by atoms with van der Waals surface area (Å²) in [6, 6.07) is 15.8. The van der Waals surface area contributed by atoms with Crippen LogP contribution >= 0.6 is 0 Å². The lowest BCUT2D eigenvalue weighted by molar-refractivity contribution is -0.141. The van der Waals surface area contributed by atoms with Crippen molar-refractivity contribution in [1.29, 1.82) is 0 Å². The van der Waals surface area contributed by atoms with E-state index in [0.717, 1.165) is 27.5 Å². The van der Waals surface area contributed by atoms with Crippen LogP contribution in [0.1, 0.15) is 28.7 Å². The first kappa shape index (κ1) is 19.7. The van der Waals surface area contributed by atoms with Crippen LogP contribution in [0.3, 0.4) is 0 Å². The van der Waals surface area contributed by atoms with E-state index in [1.165, 1.54) is 0 Å². The first-order valence-electron chi connectivity index (χ1n) is 10.2. The van der Waals surface area contributed by atoms with Crippen molar-refractivity contribution in [2.45, 2.75) is 12.0 Å². The Morgan fingerprint density at radius 2 is 1.68 bits per heavy atom. The van der Waals surface area contributed by atoms with E-state index in [0.29, 0.717) is 17.2 Å². The number of benzene rings is 3. The zero-order valence-corrected chi connectivity index (χ0v) is 17.6. The summed E-state index contributed by atoms with van der Waals surface area (Å²) in [6.45, 7) is 0.206. The Bertz CT molecular complexity index is 1140. The first-order valence-corrected chi connectivity index (χ1v) is 10.2. The fraction of sp³-hybridized carbons (Fsp3) is 0.320. The smallest absolute Gasteiger partial charge is 0.310 e. The second-order valence-electron chi connectivity index (χ2n) is 7.99. The summed E-state index contributed by atoms with van der Waals surface area (Å²) in [5, 5.41) is 13.2. The zero-order chi connectivity index (χ0) is 21.7. The average Bonchev–Trinajstić information content (AvgIpc) is 3.19. The van der Waals surface area contributed by atoms with Crippen molar-refractivity contribution in [1.82, 2.24) is 0 Å². The van der Waals surface area contributed by atoms with Crippen LogP contribution in [0.25, 0.3) is 10.8 Å². The van der Waals surface area contributed by atoms with Gasteiger partial charge in [0.2, 0.25) is 5.75 Å². The number of hydrogen-bond donors (Lipinski definition) is 1. The molecule has 0 amide bonds. The number of methoxy groups -OCH3 is 3. The molecule has 160 valence electrons. The molecule has 3 aromatic rings. The van der Waals surface area contributed by atoms with Gasteiger partial charge in [-0.05, 0) is 39.6 Å². The highest BCUT2D eigenvalue weighted by Crippen LogP contribution is 2.54. The molecule has 5 rings (SSSR count). The molecule has 31 heavy (non-hydrogen) atoms. The maximum atomic E-state index is 12.9. The number of carbonyl (C=O) groups is 1. The molecule has 2 aliphatic rings. The quantitative estimate of drug-likeness (QED) is 0.647. The maximum Gasteiger partial charge on any atom is 0.310 e. The third-order valence-electron chi connectivity index (χ3n) is 6.60. The third-order valence-corrected chi connectivity index (χ3v) is 6.60. The van der Waals surface area contributed by atoms with E-state index >= 15 is 0 Å². The molecule has 0 bridgehead atoms. The van der Waals surface area contributed by atoms with Crippen molar-refractivity contribution in [2.75, 3.05) is 27.9 Å². The van der Waals surface area contributed by atoms with Crippen LogP contribution in [0.4, 0.5) is 0 Å². The molecule has 1 aliphatic heterocycles. The van der Waals surface area contributed by atoms with Crippen molar-refractivity contribution in [2.24, 2.45) is 11.8 Å². The standard InChI is InChI=1S/C25H24O6/c1-28-18-10-14(11-19(29-2)24(18)30-3)20-21-15-7-5-4-6-13(15)8-9-16(21)23(26)17-12-31-25(27)22(17)20/h4-11,17,20,22-23,26H,12H2,1-3H3/t17-,20+,22+,23+/m0/s1. The van der Waals surface area contributed by atoms with Gasteiger partial charge in [-0.25, -0.2) is 0 Å². The maximum absolute atomic E-state index is 12.9. The monoisotopic (exact) mass is 420 g/mol. The number of cyclic esters (lactones) is 1. The fourth-order valence-electron chi connectivity index (χ4n) is 5.21. The van der Waals surface area contributed by atoms with Gasteiger partial charge in [-0.3, -0.25) is 4.79 Å². The molecule has 0 aromatic heterocycles. The van der Waals surface area contributed by atoms with E-state index in [9.17, 15) is 9.90 Å². The highest BCUT2D eigenvalue weighted by atomic mass is 16.5. The third kappa shape index (κ3) is 2.86. The summed E-state index contributed by atoms with van der Waals surface area (Å²) in [4.78, 5) is 12.9. The molecule has 3 aromatic carbocycles. The Balaban J connectivity index is 1.83. The molecule has 1 heterocycles. The molecule has 0 spiro atoms. The molecule has 4 atom stereocenters. The minimum atomic E-state index is -0.769. The first-order chi connectivity index (χ1) is 15.1. The summed E-state index contributed by atoms with van der Waals surface area (Å²) < 4.78 is 22.1. The van der Waals surface area contributed by atoms with Crippen LogP contribution in [0.5, 0.6) is 17.2 Å². The zero-order valence-electron chi connectivity index (χ0n) is 17.6. The number of aliphatic hydroxyl groups is 1. The lowest BCUT2D eigenvalue weighted by atomic mass is 9.65. The largest absolute Gasteiger partial charge is 0.493 e. The van der Waals surface area contributed by atoms with E-state index in [4.69, 9.17) is 18.9 Å². The van der Waals surface area contributed by atoms with Gasteiger partial charge in [-0.1, -0.05) is 36.4 Å². The highest BCUT2D eigenvalue weighted by molar-refractivity contribution is 5.90. The van der Waals surface area contributed by atoms with Crippen molar-refractivity contribution in [3.05, 3.63) is 65.2 Å². The van der Waals surface area contributed by atoms with Gasteiger partial charge in [0.25, 0.3) is 0 Å². The summed E-state index contributed by atoms with van der Waals surface area (Å²) in [6.07, 6.45) is -0.769. The Kier molecular flexibility index (Phi) is 4.74. The Morgan fingerprint density at radius 1 is 0.968 bits per heavy atom. The molecule has 1 saturated heterocycles. The number of rotatable bonds is 4. The summed E-state index contributed by atoms with van der Waals surface area (Å²) in [5.41, 5.74) is 2.63. The van der Waals surface area contributed by atoms with Crippen molar-refractivity contribution >= 4 is 16.7 Å².